The van der Waals surface area contributed by atoms with Crippen LogP contribution in [0.5, 0.6) is 0 Å². The van der Waals surface area contributed by atoms with E-state index in [9.17, 15) is 27.2 Å². The van der Waals surface area contributed by atoms with Crippen LogP contribution in [0.25, 0.3) is 0 Å². The number of nitrogens with two attached hydrogens (primary N) is 1. The van der Waals surface area contributed by atoms with Gasteiger partial charge in [0, 0.05) is 36.3 Å². The highest BCUT2D eigenvalue weighted by molar-refractivity contribution is 5.96. The maximum Gasteiger partial charge on any atom is 0.416 e. The summed E-state index contributed by atoms with van der Waals surface area (Å²) in [5.74, 6) is -1.65. The van der Waals surface area contributed by atoms with E-state index in [0.717, 1.165) is 31.4 Å². The smallest absolute Gasteiger partial charge is 0.384 e. The molecule has 7 nitrogen and oxygen atoms in total. The van der Waals surface area contributed by atoms with Gasteiger partial charge in [0.25, 0.3) is 5.91 Å². The van der Waals surface area contributed by atoms with Crippen LogP contribution in [0.3, 0.4) is 0 Å². The summed E-state index contributed by atoms with van der Waals surface area (Å²) in [5.41, 5.74) is 5.06. The molecule has 0 spiro atoms. The van der Waals surface area contributed by atoms with Crippen molar-refractivity contribution in [3.8, 4) is 0 Å². The van der Waals surface area contributed by atoms with Crippen LogP contribution in [0.15, 0.2) is 36.4 Å². The number of halogens is 4. The maximum atomic E-state index is 13.5. The number of nitrogen functional groups attached to an aromatic ring is 1. The average Bonchev–Trinajstić information content (AvgIpc) is 2.79. The minimum Gasteiger partial charge on any atom is -0.384 e. The number of likely N-dealkylation sites (tertiary alicyclic amines) is 1. The van der Waals surface area contributed by atoms with Crippen molar-refractivity contribution < 1.29 is 27.2 Å². The Labute approximate surface area is 200 Å². The quantitative estimate of drug-likeness (QED) is 0.537. The van der Waals surface area contributed by atoms with Gasteiger partial charge in [0.15, 0.2) is 0 Å². The Balaban J connectivity index is 1.18. The van der Waals surface area contributed by atoms with Gasteiger partial charge in [-0.15, -0.1) is 0 Å². The van der Waals surface area contributed by atoms with Crippen LogP contribution < -0.4 is 16.4 Å². The lowest BCUT2D eigenvalue weighted by Gasteiger charge is -2.46. The topological polar surface area (TPSA) is 100 Å². The Morgan fingerprint density at radius 3 is 2.46 bits per heavy atom. The Bertz CT molecular complexity index is 1080. The number of carbonyl (C=O) groups excluding carboxylic acids is 2. The van der Waals surface area contributed by atoms with Gasteiger partial charge in [-0.3, -0.25) is 14.5 Å². The lowest BCUT2D eigenvalue weighted by Crippen LogP contribution is -2.63. The van der Waals surface area contributed by atoms with E-state index in [2.05, 4.69) is 20.5 Å². The zero-order chi connectivity index (χ0) is 25.2. The fourth-order valence-corrected chi connectivity index (χ4v) is 4.76. The second-order valence-corrected chi connectivity index (χ2v) is 9.12. The highest BCUT2D eigenvalue weighted by atomic mass is 19.4. The summed E-state index contributed by atoms with van der Waals surface area (Å²) < 4.78 is 51.9. The minimum absolute atomic E-state index is 0.0567. The van der Waals surface area contributed by atoms with Gasteiger partial charge in [-0.25, -0.2) is 9.37 Å². The molecule has 1 saturated heterocycles. The van der Waals surface area contributed by atoms with E-state index in [0.29, 0.717) is 49.1 Å². The molecule has 0 unspecified atom stereocenters. The first-order valence-corrected chi connectivity index (χ1v) is 11.5. The molecule has 0 atom stereocenters. The summed E-state index contributed by atoms with van der Waals surface area (Å²) in [4.78, 5) is 31.0. The van der Waals surface area contributed by atoms with E-state index in [1.54, 1.807) is 6.07 Å². The van der Waals surface area contributed by atoms with Crippen molar-refractivity contribution in [1.29, 1.82) is 0 Å². The summed E-state index contributed by atoms with van der Waals surface area (Å²) in [6.07, 6.45) is -0.666. The molecule has 188 valence electrons. The normalized spacial score (nSPS) is 21.3. The van der Waals surface area contributed by atoms with Crippen LogP contribution >= 0.6 is 0 Å². The second-order valence-electron chi connectivity index (χ2n) is 9.12. The Kier molecular flexibility index (Phi) is 7.25. The zero-order valence-corrected chi connectivity index (χ0v) is 18.9. The zero-order valence-electron chi connectivity index (χ0n) is 18.9. The number of nitrogens with zero attached hydrogens (tertiary/aromatic N) is 2. The number of aromatic nitrogens is 1. The standard InChI is InChI=1S/C24H27F4N5O2/c25-17-9-15(8-16(10-17)24(26,27)28)23(35)30-11-22(34)31-18-12-33(13-18)19-6-4-14(5-7-19)20-2-1-3-21(29)32-20/h1-3,8-10,14,18-19H,4-7,11-13H2,(H2,29,32)(H,30,35)(H,31,34)/t14-,19+. The molecule has 1 aromatic heterocycles. The first-order valence-electron chi connectivity index (χ1n) is 11.5. The molecule has 2 aliphatic rings. The summed E-state index contributed by atoms with van der Waals surface area (Å²) in [7, 11) is 0. The predicted molar refractivity (Wildman–Crippen MR) is 121 cm³/mol. The number of hydrogen-bond donors (Lipinski definition) is 3. The van der Waals surface area contributed by atoms with Crippen molar-refractivity contribution in [2.75, 3.05) is 25.4 Å². The van der Waals surface area contributed by atoms with E-state index < -0.39 is 41.5 Å². The SMILES string of the molecule is Nc1cccc([C@H]2CC[C@@H](N3CC(NC(=O)CNC(=O)c4cc(F)cc(C(F)(F)F)c4)C3)CC2)n1. The molecule has 4 N–H and O–H groups in total. The van der Waals surface area contributed by atoms with Gasteiger partial charge in [0.05, 0.1) is 18.2 Å². The number of benzene rings is 1. The molecule has 1 saturated carbocycles. The number of nitrogens with one attached hydrogen (secondary N) is 2. The van der Waals surface area contributed by atoms with Crippen molar-refractivity contribution in [2.24, 2.45) is 0 Å². The van der Waals surface area contributed by atoms with E-state index in [1.165, 1.54) is 0 Å². The third kappa shape index (κ3) is 6.27. The first-order chi connectivity index (χ1) is 16.6. The summed E-state index contributed by atoms with van der Waals surface area (Å²) >= 11 is 0. The number of rotatable bonds is 6. The molecular formula is C24H27F4N5O2. The van der Waals surface area contributed by atoms with E-state index in [1.807, 2.05) is 12.1 Å². The highest BCUT2D eigenvalue weighted by Gasteiger charge is 2.36. The fraction of sp³-hybridized carbons (Fsp3) is 0.458. The van der Waals surface area contributed by atoms with Crippen LogP contribution in [0.1, 0.15) is 53.2 Å². The van der Waals surface area contributed by atoms with Gasteiger partial charge < -0.3 is 16.4 Å². The average molecular weight is 494 g/mol. The number of amides is 2. The molecule has 2 heterocycles. The molecule has 2 amide bonds. The van der Waals surface area contributed by atoms with Crippen molar-refractivity contribution in [3.05, 3.63) is 59.0 Å². The molecular weight excluding hydrogens is 466 g/mol. The van der Waals surface area contributed by atoms with Crippen molar-refractivity contribution in [1.82, 2.24) is 20.5 Å². The molecule has 1 aromatic carbocycles. The minimum atomic E-state index is -4.78. The highest BCUT2D eigenvalue weighted by Crippen LogP contribution is 2.35. The number of hydrogen-bond acceptors (Lipinski definition) is 5. The van der Waals surface area contributed by atoms with Crippen LogP contribution in [0, 0.1) is 5.82 Å². The fourth-order valence-electron chi connectivity index (χ4n) is 4.76. The van der Waals surface area contributed by atoms with Gasteiger partial charge in [0.2, 0.25) is 5.91 Å². The van der Waals surface area contributed by atoms with Crippen LogP contribution in [0.4, 0.5) is 23.4 Å². The molecule has 0 radical (unpaired) electrons. The second kappa shape index (κ2) is 10.2. The van der Waals surface area contributed by atoms with Crippen LogP contribution in [0.2, 0.25) is 0 Å². The van der Waals surface area contributed by atoms with Crippen LogP contribution in [-0.2, 0) is 11.0 Å². The largest absolute Gasteiger partial charge is 0.416 e. The lowest BCUT2D eigenvalue weighted by atomic mass is 9.82. The number of alkyl halides is 3. The molecule has 1 aliphatic carbocycles. The van der Waals surface area contributed by atoms with E-state index in [-0.39, 0.29) is 6.04 Å². The van der Waals surface area contributed by atoms with E-state index in [4.69, 9.17) is 5.73 Å². The van der Waals surface area contributed by atoms with Gasteiger partial charge >= 0.3 is 6.18 Å². The predicted octanol–water partition coefficient (Wildman–Crippen LogP) is 3.08. The summed E-state index contributed by atoms with van der Waals surface area (Å²) in [6.45, 7) is 0.986. The molecule has 2 aromatic rings. The first kappa shape index (κ1) is 24.9. The van der Waals surface area contributed by atoms with Crippen molar-refractivity contribution >= 4 is 17.6 Å². The molecule has 2 fully saturated rings. The molecule has 35 heavy (non-hydrogen) atoms. The maximum absolute atomic E-state index is 13.5. The van der Waals surface area contributed by atoms with E-state index >= 15 is 0 Å². The van der Waals surface area contributed by atoms with Crippen LogP contribution in [-0.4, -0.2) is 53.4 Å². The number of carbonyl (C=O) groups is 2. The Morgan fingerprint density at radius 2 is 1.80 bits per heavy atom. The monoisotopic (exact) mass is 493 g/mol. The third-order valence-electron chi connectivity index (χ3n) is 6.60. The molecule has 11 heteroatoms. The third-order valence-corrected chi connectivity index (χ3v) is 6.60. The summed E-state index contributed by atoms with van der Waals surface area (Å²) in [6, 6.07) is 7.66. The molecule has 4 rings (SSSR count). The van der Waals surface area contributed by atoms with Gasteiger partial charge in [-0.05, 0) is 56.0 Å². The van der Waals surface area contributed by atoms with Gasteiger partial charge in [0.1, 0.15) is 11.6 Å². The van der Waals surface area contributed by atoms with Crippen molar-refractivity contribution in [3.63, 3.8) is 0 Å². The van der Waals surface area contributed by atoms with Gasteiger partial charge in [-0.2, -0.15) is 13.2 Å². The van der Waals surface area contributed by atoms with Gasteiger partial charge in [-0.1, -0.05) is 6.07 Å². The molecule has 1 aliphatic heterocycles. The number of anilines is 1. The van der Waals surface area contributed by atoms with Crippen molar-refractivity contribution in [2.45, 2.75) is 49.9 Å². The Morgan fingerprint density at radius 1 is 1.09 bits per heavy atom. The number of pyridine rings is 1. The lowest BCUT2D eigenvalue weighted by molar-refractivity contribution is -0.137. The Hall–Kier alpha value is -3.21. The molecule has 0 bridgehead atoms. The summed E-state index contributed by atoms with van der Waals surface area (Å²) in [5, 5.41) is 5.05.